The summed E-state index contributed by atoms with van der Waals surface area (Å²) in [6.45, 7) is 2.18. The molecule has 0 bridgehead atoms. The van der Waals surface area contributed by atoms with Crippen LogP contribution in [0.2, 0.25) is 0 Å². The quantitative estimate of drug-likeness (QED) is 0.749. The fraction of sp³-hybridized carbons (Fsp3) is 0.600. The number of rotatable bonds is 6. The maximum atomic E-state index is 13.3. The highest BCUT2D eigenvalue weighted by molar-refractivity contribution is 6.27. The van der Waals surface area contributed by atoms with Gasteiger partial charge < -0.3 is 15.5 Å². The summed E-state index contributed by atoms with van der Waals surface area (Å²) in [5.74, 6) is 0.544. The van der Waals surface area contributed by atoms with Crippen LogP contribution in [0, 0.1) is 5.92 Å². The first kappa shape index (κ1) is 19.0. The Morgan fingerprint density at radius 1 is 1.12 bits per heavy atom. The van der Waals surface area contributed by atoms with Crippen molar-refractivity contribution in [1.29, 1.82) is 0 Å². The Labute approximate surface area is 160 Å². The highest BCUT2D eigenvalue weighted by atomic mass is 35.5. The summed E-state index contributed by atoms with van der Waals surface area (Å²) in [5.41, 5.74) is 0.558. The van der Waals surface area contributed by atoms with Crippen LogP contribution in [0.4, 0.5) is 5.69 Å². The van der Waals surface area contributed by atoms with Crippen molar-refractivity contribution in [3.05, 3.63) is 30.3 Å². The molecule has 1 heterocycles. The van der Waals surface area contributed by atoms with Gasteiger partial charge in [0.2, 0.25) is 11.8 Å². The van der Waals surface area contributed by atoms with E-state index in [1.54, 1.807) is 0 Å². The summed E-state index contributed by atoms with van der Waals surface area (Å²) in [4.78, 5) is 26.6. The Bertz CT molecular complexity index is 609. The molecule has 0 aromatic heterocycles. The molecule has 5 nitrogen and oxygen atoms in total. The van der Waals surface area contributed by atoms with Crippen LogP contribution >= 0.6 is 11.6 Å². The maximum absolute atomic E-state index is 13.3. The van der Waals surface area contributed by atoms with Gasteiger partial charge in [-0.2, -0.15) is 0 Å². The Morgan fingerprint density at radius 3 is 2.38 bits per heavy atom. The molecule has 2 N–H and O–H groups in total. The van der Waals surface area contributed by atoms with Crippen LogP contribution in [-0.2, 0) is 9.59 Å². The van der Waals surface area contributed by atoms with Crippen LogP contribution in [0.25, 0.3) is 0 Å². The molecule has 3 rings (SSSR count). The molecule has 1 saturated heterocycles. The van der Waals surface area contributed by atoms with E-state index < -0.39 is 5.54 Å². The number of para-hydroxylation sites is 1. The second kappa shape index (κ2) is 8.76. The molecule has 0 unspecified atom stereocenters. The molecular formula is C20H28ClN3O2. The molecule has 1 aromatic carbocycles. The monoisotopic (exact) mass is 377 g/mol. The van der Waals surface area contributed by atoms with E-state index >= 15 is 0 Å². The molecule has 2 aliphatic rings. The molecular weight excluding hydrogens is 350 g/mol. The minimum Gasteiger partial charge on any atom is -0.371 e. The molecule has 0 radical (unpaired) electrons. The van der Waals surface area contributed by atoms with Gasteiger partial charge in [-0.15, -0.1) is 11.6 Å². The minimum atomic E-state index is -0.457. The van der Waals surface area contributed by atoms with Gasteiger partial charge in [0.1, 0.15) is 11.4 Å². The van der Waals surface area contributed by atoms with Crippen molar-refractivity contribution in [3.8, 4) is 0 Å². The summed E-state index contributed by atoms with van der Waals surface area (Å²) in [6.07, 6.45) is 5.82. The van der Waals surface area contributed by atoms with Crippen molar-refractivity contribution in [2.24, 2.45) is 5.92 Å². The predicted molar refractivity (Wildman–Crippen MR) is 104 cm³/mol. The SMILES string of the molecule is O=C(CCl)NCC1CCN(C(=O)C2(Nc3ccccc3)CCCC2)CC1. The van der Waals surface area contributed by atoms with Crippen molar-refractivity contribution in [2.45, 2.75) is 44.1 Å². The van der Waals surface area contributed by atoms with Gasteiger partial charge >= 0.3 is 0 Å². The number of hydrogen-bond acceptors (Lipinski definition) is 3. The van der Waals surface area contributed by atoms with Crippen LogP contribution in [0.5, 0.6) is 0 Å². The zero-order valence-corrected chi connectivity index (χ0v) is 15.9. The number of hydrogen-bond donors (Lipinski definition) is 2. The van der Waals surface area contributed by atoms with Crippen LogP contribution < -0.4 is 10.6 Å². The van der Waals surface area contributed by atoms with E-state index in [-0.39, 0.29) is 17.7 Å². The third kappa shape index (κ3) is 4.50. The van der Waals surface area contributed by atoms with Gasteiger partial charge in [-0.3, -0.25) is 9.59 Å². The highest BCUT2D eigenvalue weighted by Crippen LogP contribution is 2.35. The zero-order valence-electron chi connectivity index (χ0n) is 15.2. The van der Waals surface area contributed by atoms with Crippen LogP contribution in [0.15, 0.2) is 30.3 Å². The predicted octanol–water partition coefficient (Wildman–Crippen LogP) is 3.00. The number of benzene rings is 1. The lowest BCUT2D eigenvalue weighted by molar-refractivity contribution is -0.137. The van der Waals surface area contributed by atoms with Gasteiger partial charge in [0.15, 0.2) is 0 Å². The summed E-state index contributed by atoms with van der Waals surface area (Å²) >= 11 is 5.52. The van der Waals surface area contributed by atoms with Crippen molar-refractivity contribution in [3.63, 3.8) is 0 Å². The number of carbonyl (C=O) groups excluding carboxylic acids is 2. The van der Waals surface area contributed by atoms with Crippen LogP contribution in [-0.4, -0.2) is 47.8 Å². The third-order valence-corrected chi connectivity index (χ3v) is 5.88. The molecule has 26 heavy (non-hydrogen) atoms. The Balaban J connectivity index is 1.58. The van der Waals surface area contributed by atoms with Gasteiger partial charge in [-0.25, -0.2) is 0 Å². The second-order valence-electron chi connectivity index (χ2n) is 7.45. The van der Waals surface area contributed by atoms with E-state index in [1.165, 1.54) is 0 Å². The lowest BCUT2D eigenvalue weighted by Crippen LogP contribution is -2.54. The number of nitrogens with zero attached hydrogens (tertiary/aromatic N) is 1. The number of amides is 2. The maximum Gasteiger partial charge on any atom is 0.248 e. The third-order valence-electron chi connectivity index (χ3n) is 5.63. The molecule has 1 aliphatic heterocycles. The fourth-order valence-electron chi connectivity index (χ4n) is 4.12. The number of piperidine rings is 1. The lowest BCUT2D eigenvalue weighted by Gasteiger charge is -2.39. The Morgan fingerprint density at radius 2 is 1.77 bits per heavy atom. The average Bonchev–Trinajstić information content (AvgIpc) is 3.16. The average molecular weight is 378 g/mol. The minimum absolute atomic E-state index is 0.00497. The number of carbonyl (C=O) groups is 2. The van der Waals surface area contributed by atoms with E-state index in [0.717, 1.165) is 57.3 Å². The van der Waals surface area contributed by atoms with E-state index in [9.17, 15) is 9.59 Å². The number of alkyl halides is 1. The fourth-order valence-corrected chi connectivity index (χ4v) is 4.21. The van der Waals surface area contributed by atoms with Crippen LogP contribution in [0.3, 0.4) is 0 Å². The Hall–Kier alpha value is -1.75. The number of likely N-dealkylation sites (tertiary alicyclic amines) is 1. The van der Waals surface area contributed by atoms with Crippen molar-refractivity contribution in [1.82, 2.24) is 10.2 Å². The molecule has 0 spiro atoms. The smallest absolute Gasteiger partial charge is 0.248 e. The molecule has 2 fully saturated rings. The van der Waals surface area contributed by atoms with Gasteiger partial charge in [0.05, 0.1) is 0 Å². The van der Waals surface area contributed by atoms with Gasteiger partial charge in [0, 0.05) is 25.3 Å². The first-order chi connectivity index (χ1) is 12.6. The number of nitrogens with one attached hydrogen (secondary N) is 2. The Kier molecular flexibility index (Phi) is 6.41. The van der Waals surface area contributed by atoms with Crippen LogP contribution in [0.1, 0.15) is 38.5 Å². The lowest BCUT2D eigenvalue weighted by atomic mass is 9.91. The summed E-state index contributed by atoms with van der Waals surface area (Å²) in [7, 11) is 0. The zero-order chi connectivity index (χ0) is 18.4. The summed E-state index contributed by atoms with van der Waals surface area (Å²) < 4.78 is 0. The standard InChI is InChI=1S/C20H28ClN3O2/c21-14-18(25)22-15-16-8-12-24(13-9-16)19(26)20(10-4-5-11-20)23-17-6-2-1-3-7-17/h1-3,6-7,16,23H,4-5,8-15H2,(H,22,25). The number of halogens is 1. The molecule has 6 heteroatoms. The van der Waals surface area contributed by atoms with E-state index in [2.05, 4.69) is 10.6 Å². The van der Waals surface area contributed by atoms with E-state index in [4.69, 9.17) is 11.6 Å². The number of anilines is 1. The first-order valence-corrected chi connectivity index (χ1v) is 10.1. The van der Waals surface area contributed by atoms with Crippen molar-refractivity contribution >= 4 is 29.1 Å². The van der Waals surface area contributed by atoms with E-state index in [0.29, 0.717) is 12.5 Å². The molecule has 1 saturated carbocycles. The second-order valence-corrected chi connectivity index (χ2v) is 7.72. The summed E-state index contributed by atoms with van der Waals surface area (Å²) in [6, 6.07) is 10.0. The molecule has 142 valence electrons. The van der Waals surface area contributed by atoms with Crippen molar-refractivity contribution < 1.29 is 9.59 Å². The molecule has 0 atom stereocenters. The largest absolute Gasteiger partial charge is 0.371 e. The highest BCUT2D eigenvalue weighted by Gasteiger charge is 2.44. The summed E-state index contributed by atoms with van der Waals surface area (Å²) in [5, 5.41) is 6.40. The van der Waals surface area contributed by atoms with Gasteiger partial charge in [-0.1, -0.05) is 31.0 Å². The van der Waals surface area contributed by atoms with Crippen molar-refractivity contribution in [2.75, 3.05) is 30.8 Å². The molecule has 1 aromatic rings. The van der Waals surface area contributed by atoms with Gasteiger partial charge in [-0.05, 0) is 43.7 Å². The normalized spacial score (nSPS) is 20.0. The molecule has 1 aliphatic carbocycles. The first-order valence-electron chi connectivity index (χ1n) is 9.58. The van der Waals surface area contributed by atoms with E-state index in [1.807, 2.05) is 35.2 Å². The van der Waals surface area contributed by atoms with Gasteiger partial charge in [0.25, 0.3) is 0 Å². The molecule has 2 amide bonds. The topological polar surface area (TPSA) is 61.4 Å².